The van der Waals surface area contributed by atoms with Crippen LogP contribution >= 0.6 is 0 Å². The van der Waals surface area contributed by atoms with Crippen LogP contribution in [0.1, 0.15) is 16.7 Å². The zero-order valence-electron chi connectivity index (χ0n) is 14.1. The van der Waals surface area contributed by atoms with Crippen molar-refractivity contribution in [3.63, 3.8) is 0 Å². The highest BCUT2D eigenvalue weighted by molar-refractivity contribution is 5.86. The largest absolute Gasteiger partial charge is 0.417 e. The smallest absolute Gasteiger partial charge is 0.192 e. The molecule has 28 heavy (non-hydrogen) atoms. The Labute approximate surface area is 156 Å². The number of benzene rings is 3. The minimum absolute atomic E-state index is 0.0114. The Balaban J connectivity index is 2.55. The van der Waals surface area contributed by atoms with E-state index in [1.807, 2.05) is 0 Å². The summed E-state index contributed by atoms with van der Waals surface area (Å²) in [6, 6.07) is 15.9. The van der Waals surface area contributed by atoms with E-state index in [9.17, 15) is 31.6 Å². The van der Waals surface area contributed by atoms with Crippen LogP contribution in [0.15, 0.2) is 66.7 Å². The summed E-state index contributed by atoms with van der Waals surface area (Å²) in [5, 5.41) is 9.62. The lowest BCUT2D eigenvalue weighted by Crippen LogP contribution is -2.16. The molecule has 0 aliphatic rings. The first-order chi connectivity index (χ1) is 13.1. The maximum Gasteiger partial charge on any atom is 0.417 e. The van der Waals surface area contributed by atoms with Gasteiger partial charge < -0.3 is 0 Å². The second-order valence-corrected chi connectivity index (χ2v) is 5.94. The number of hydrogen-bond donors (Lipinski definition) is 0. The van der Waals surface area contributed by atoms with Crippen molar-refractivity contribution in [3.05, 3.63) is 83.4 Å². The van der Waals surface area contributed by atoms with Gasteiger partial charge in [0.25, 0.3) is 0 Å². The average Bonchev–Trinajstić information content (AvgIpc) is 2.66. The van der Waals surface area contributed by atoms with Gasteiger partial charge in [-0.15, -0.1) is 0 Å². The summed E-state index contributed by atoms with van der Waals surface area (Å²) in [6.07, 6.45) is -10.2. The lowest BCUT2D eigenvalue weighted by Gasteiger charge is -2.22. The molecule has 0 aromatic heterocycles. The molecule has 0 spiro atoms. The van der Waals surface area contributed by atoms with Crippen LogP contribution in [-0.4, -0.2) is 0 Å². The van der Waals surface area contributed by atoms with Crippen molar-refractivity contribution in [3.8, 4) is 28.3 Å². The van der Waals surface area contributed by atoms with Gasteiger partial charge in [-0.1, -0.05) is 60.7 Å². The van der Waals surface area contributed by atoms with Crippen molar-refractivity contribution in [2.75, 3.05) is 0 Å². The van der Waals surface area contributed by atoms with Crippen molar-refractivity contribution in [1.29, 1.82) is 5.26 Å². The number of nitrogens with zero attached hydrogens (tertiary/aromatic N) is 1. The molecule has 0 unspecified atom stereocenters. The van der Waals surface area contributed by atoms with Crippen LogP contribution in [0.4, 0.5) is 26.3 Å². The van der Waals surface area contributed by atoms with Gasteiger partial charge in [-0.2, -0.15) is 31.6 Å². The summed E-state index contributed by atoms with van der Waals surface area (Å²) in [7, 11) is 0. The Kier molecular flexibility index (Phi) is 4.90. The zero-order chi connectivity index (χ0) is 20.5. The maximum atomic E-state index is 13.7. The lowest BCUT2D eigenvalue weighted by atomic mass is 9.85. The zero-order valence-corrected chi connectivity index (χ0v) is 14.1. The van der Waals surface area contributed by atoms with E-state index in [0.717, 1.165) is 0 Å². The molecule has 3 aromatic rings. The van der Waals surface area contributed by atoms with Crippen LogP contribution in [0, 0.1) is 11.3 Å². The minimum atomic E-state index is -5.08. The monoisotopic (exact) mass is 391 g/mol. The van der Waals surface area contributed by atoms with Crippen molar-refractivity contribution >= 4 is 0 Å². The molecule has 0 N–H and O–H groups in total. The molecule has 142 valence electrons. The van der Waals surface area contributed by atoms with E-state index in [1.165, 1.54) is 48.5 Å². The lowest BCUT2D eigenvalue weighted by molar-refractivity contribution is -0.142. The highest BCUT2D eigenvalue weighted by atomic mass is 19.4. The normalized spacial score (nSPS) is 11.9. The molecule has 0 saturated heterocycles. The third kappa shape index (κ3) is 3.58. The van der Waals surface area contributed by atoms with Gasteiger partial charge in [0.05, 0.1) is 16.7 Å². The molecule has 0 fully saturated rings. The summed E-state index contributed by atoms with van der Waals surface area (Å²) in [6.45, 7) is 0. The summed E-state index contributed by atoms with van der Waals surface area (Å²) < 4.78 is 82.1. The third-order valence-electron chi connectivity index (χ3n) is 4.17. The first kappa shape index (κ1) is 19.5. The van der Waals surface area contributed by atoms with Crippen molar-refractivity contribution < 1.29 is 26.3 Å². The summed E-state index contributed by atoms with van der Waals surface area (Å²) >= 11 is 0. The quantitative estimate of drug-likeness (QED) is 0.435. The predicted octanol–water partition coefficient (Wildman–Crippen LogP) is 6.93. The number of halogens is 6. The molecular weight excluding hydrogens is 380 g/mol. The van der Waals surface area contributed by atoms with Gasteiger partial charge in [0.1, 0.15) is 6.07 Å². The molecule has 3 aromatic carbocycles. The number of rotatable bonds is 2. The highest BCUT2D eigenvalue weighted by Gasteiger charge is 2.42. The molecule has 0 amide bonds. The van der Waals surface area contributed by atoms with Crippen LogP contribution in [0.5, 0.6) is 0 Å². The molecule has 3 rings (SSSR count). The summed E-state index contributed by atoms with van der Waals surface area (Å²) in [4.78, 5) is 0. The van der Waals surface area contributed by atoms with Crippen LogP contribution < -0.4 is 0 Å². The molecule has 0 aliphatic heterocycles. The van der Waals surface area contributed by atoms with E-state index in [-0.39, 0.29) is 17.2 Å². The van der Waals surface area contributed by atoms with Gasteiger partial charge in [-0.05, 0) is 17.2 Å². The van der Waals surface area contributed by atoms with Crippen LogP contribution in [-0.2, 0) is 12.4 Å². The van der Waals surface area contributed by atoms with Crippen LogP contribution in [0.2, 0.25) is 0 Å². The minimum Gasteiger partial charge on any atom is -0.192 e. The van der Waals surface area contributed by atoms with E-state index in [1.54, 1.807) is 18.2 Å². The molecule has 0 radical (unpaired) electrons. The molecule has 0 bridgehead atoms. The average molecular weight is 391 g/mol. The van der Waals surface area contributed by atoms with Gasteiger partial charge in [-0.25, -0.2) is 0 Å². The van der Waals surface area contributed by atoms with Crippen LogP contribution in [0.3, 0.4) is 0 Å². The fourth-order valence-corrected chi connectivity index (χ4v) is 3.05. The van der Waals surface area contributed by atoms with E-state index >= 15 is 0 Å². The third-order valence-corrected chi connectivity index (χ3v) is 4.17. The maximum absolute atomic E-state index is 13.7. The molecular formula is C21H11F6N. The first-order valence-electron chi connectivity index (χ1n) is 8.01. The van der Waals surface area contributed by atoms with E-state index < -0.39 is 40.2 Å². The van der Waals surface area contributed by atoms with Crippen LogP contribution in [0.25, 0.3) is 22.3 Å². The SMILES string of the molecule is N#Cc1c(-c2ccccc2)c(C(F)(F)F)cc(C(F)(F)F)c1-c1ccccc1. The van der Waals surface area contributed by atoms with Crippen molar-refractivity contribution in [2.24, 2.45) is 0 Å². The second kappa shape index (κ2) is 7.04. The second-order valence-electron chi connectivity index (χ2n) is 5.94. The van der Waals surface area contributed by atoms with Gasteiger partial charge in [0.15, 0.2) is 0 Å². The Morgan fingerprint density at radius 1 is 0.607 bits per heavy atom. The van der Waals surface area contributed by atoms with Gasteiger partial charge in [-0.3, -0.25) is 0 Å². The van der Waals surface area contributed by atoms with Gasteiger partial charge in [0.2, 0.25) is 0 Å². The van der Waals surface area contributed by atoms with Gasteiger partial charge in [0, 0.05) is 11.1 Å². The Hall–Kier alpha value is -3.27. The number of alkyl halides is 6. The standard InChI is InChI=1S/C21H11F6N/c22-20(23,24)16-11-17(21(25,26)27)19(14-9-5-2-6-10-14)15(12-28)18(16)13-7-3-1-4-8-13/h1-11H. The Morgan fingerprint density at radius 3 is 1.25 bits per heavy atom. The van der Waals surface area contributed by atoms with Crippen molar-refractivity contribution in [1.82, 2.24) is 0 Å². The summed E-state index contributed by atoms with van der Waals surface area (Å²) in [5.74, 6) is 0. The molecule has 0 heterocycles. The molecule has 0 saturated carbocycles. The van der Waals surface area contributed by atoms with Crippen molar-refractivity contribution in [2.45, 2.75) is 12.4 Å². The summed E-state index contributed by atoms with van der Waals surface area (Å²) in [5.41, 5.74) is -4.77. The van der Waals surface area contributed by atoms with Gasteiger partial charge >= 0.3 is 12.4 Å². The highest BCUT2D eigenvalue weighted by Crippen LogP contribution is 2.48. The van der Waals surface area contributed by atoms with E-state index in [2.05, 4.69) is 0 Å². The fraction of sp³-hybridized carbons (Fsp3) is 0.0952. The predicted molar refractivity (Wildman–Crippen MR) is 92.0 cm³/mol. The topological polar surface area (TPSA) is 23.8 Å². The molecule has 0 atom stereocenters. The fourth-order valence-electron chi connectivity index (χ4n) is 3.05. The Morgan fingerprint density at radius 2 is 0.964 bits per heavy atom. The first-order valence-corrected chi connectivity index (χ1v) is 8.01. The Bertz CT molecular complexity index is 953. The molecule has 1 nitrogen and oxygen atoms in total. The van der Waals surface area contributed by atoms with E-state index in [4.69, 9.17) is 0 Å². The van der Waals surface area contributed by atoms with E-state index in [0.29, 0.717) is 0 Å². The molecule has 7 heteroatoms. The number of nitriles is 1. The number of hydrogen-bond acceptors (Lipinski definition) is 1. The molecule has 0 aliphatic carbocycles.